The summed E-state index contributed by atoms with van der Waals surface area (Å²) in [5.74, 6) is -0.896. The third-order valence-corrected chi connectivity index (χ3v) is 5.73. The molecular formula is C24H23F3N6O2. The minimum Gasteiger partial charge on any atom is -0.368 e. The predicted octanol–water partition coefficient (Wildman–Crippen LogP) is 3.63. The molecule has 0 fully saturated rings. The molecule has 1 aliphatic rings. The summed E-state index contributed by atoms with van der Waals surface area (Å²) in [5, 5.41) is 2.83. The quantitative estimate of drug-likeness (QED) is 0.490. The lowest BCUT2D eigenvalue weighted by atomic mass is 9.98. The topological polar surface area (TPSA) is 127 Å². The highest BCUT2D eigenvalue weighted by Crippen LogP contribution is 2.37. The number of primary amides is 2. The van der Waals surface area contributed by atoms with Gasteiger partial charge in [0.2, 0.25) is 5.91 Å². The van der Waals surface area contributed by atoms with Gasteiger partial charge in [0.25, 0.3) is 5.91 Å². The zero-order valence-electron chi connectivity index (χ0n) is 18.8. The summed E-state index contributed by atoms with van der Waals surface area (Å²) in [7, 11) is 0. The number of benzene rings is 2. The summed E-state index contributed by atoms with van der Waals surface area (Å²) in [6.45, 7) is 2.22. The molecule has 0 aliphatic carbocycles. The Morgan fingerprint density at radius 2 is 1.77 bits per heavy atom. The third kappa shape index (κ3) is 5.18. The van der Waals surface area contributed by atoms with Crippen molar-refractivity contribution in [3.63, 3.8) is 0 Å². The van der Waals surface area contributed by atoms with Gasteiger partial charge in [0.05, 0.1) is 5.56 Å². The van der Waals surface area contributed by atoms with Gasteiger partial charge in [-0.25, -0.2) is 9.97 Å². The molecule has 0 unspecified atom stereocenters. The molecular weight excluding hydrogens is 461 g/mol. The van der Waals surface area contributed by atoms with E-state index in [4.69, 9.17) is 11.5 Å². The van der Waals surface area contributed by atoms with Crippen LogP contribution in [0.25, 0.3) is 11.4 Å². The number of aromatic nitrogens is 2. The minimum atomic E-state index is -4.39. The molecule has 35 heavy (non-hydrogen) atoms. The SMILES string of the molecule is C[C@H](Nc1cc(C(N)=O)nc(-c2ccc3c(c2)CCCN3c2ccc(C(F)(F)F)cc2)n1)C(N)=O. The van der Waals surface area contributed by atoms with Crippen molar-refractivity contribution in [2.24, 2.45) is 11.5 Å². The second-order valence-corrected chi connectivity index (χ2v) is 8.24. The smallest absolute Gasteiger partial charge is 0.368 e. The highest BCUT2D eigenvalue weighted by atomic mass is 19.4. The van der Waals surface area contributed by atoms with Crippen LogP contribution < -0.4 is 21.7 Å². The number of anilines is 3. The van der Waals surface area contributed by atoms with E-state index in [1.165, 1.54) is 18.2 Å². The van der Waals surface area contributed by atoms with Crippen molar-refractivity contribution in [3.8, 4) is 11.4 Å². The van der Waals surface area contributed by atoms with Gasteiger partial charge < -0.3 is 21.7 Å². The standard InChI is InChI=1S/C24H23F3N6O2/c1-13(21(28)34)30-20-12-18(22(29)35)31-23(32-20)15-4-9-19-14(11-15)3-2-10-33(19)17-7-5-16(6-8-17)24(25,26)27/h4-9,11-13H,2-3,10H2,1H3,(H2,28,34)(H2,29,35)(H,30,31,32)/t13-/m0/s1. The molecule has 0 saturated carbocycles. The van der Waals surface area contributed by atoms with Crippen LogP contribution in [-0.2, 0) is 17.4 Å². The number of halogens is 3. The molecule has 3 aromatic rings. The molecule has 0 saturated heterocycles. The average Bonchev–Trinajstić information content (AvgIpc) is 2.82. The highest BCUT2D eigenvalue weighted by molar-refractivity contribution is 5.92. The van der Waals surface area contributed by atoms with Crippen molar-refractivity contribution >= 4 is 29.0 Å². The first-order valence-corrected chi connectivity index (χ1v) is 10.9. The molecule has 5 N–H and O–H groups in total. The fourth-order valence-corrected chi connectivity index (χ4v) is 3.90. The Morgan fingerprint density at radius 1 is 1.06 bits per heavy atom. The number of hydrogen-bond donors (Lipinski definition) is 3. The Kier molecular flexibility index (Phi) is 6.33. The van der Waals surface area contributed by atoms with Crippen LogP contribution in [-0.4, -0.2) is 34.4 Å². The summed E-state index contributed by atoms with van der Waals surface area (Å²) >= 11 is 0. The number of nitrogens with one attached hydrogen (secondary N) is 1. The molecule has 0 radical (unpaired) electrons. The van der Waals surface area contributed by atoms with Gasteiger partial charge >= 0.3 is 6.18 Å². The average molecular weight is 484 g/mol. The lowest BCUT2D eigenvalue weighted by molar-refractivity contribution is -0.137. The molecule has 1 aliphatic heterocycles. The number of rotatable bonds is 6. The number of carbonyl (C=O) groups is 2. The molecule has 182 valence electrons. The minimum absolute atomic E-state index is 0.0294. The van der Waals surface area contributed by atoms with Gasteiger partial charge in [-0.3, -0.25) is 9.59 Å². The highest BCUT2D eigenvalue weighted by Gasteiger charge is 2.30. The number of hydrogen-bond acceptors (Lipinski definition) is 6. The van der Waals surface area contributed by atoms with E-state index in [0.29, 0.717) is 17.8 Å². The first-order valence-electron chi connectivity index (χ1n) is 10.9. The van der Waals surface area contributed by atoms with E-state index in [1.807, 2.05) is 17.0 Å². The Morgan fingerprint density at radius 3 is 2.40 bits per heavy atom. The molecule has 2 heterocycles. The molecule has 0 spiro atoms. The number of aryl methyl sites for hydroxylation is 1. The summed E-state index contributed by atoms with van der Waals surface area (Å²) in [6.07, 6.45) is -2.85. The van der Waals surface area contributed by atoms with Gasteiger partial charge in [0.15, 0.2) is 5.82 Å². The second kappa shape index (κ2) is 9.24. The van der Waals surface area contributed by atoms with Crippen LogP contribution in [0, 0.1) is 0 Å². The molecule has 8 nitrogen and oxygen atoms in total. The second-order valence-electron chi connectivity index (χ2n) is 8.24. The number of nitrogens with two attached hydrogens (primary N) is 2. The Bertz CT molecular complexity index is 1280. The molecule has 2 amide bonds. The zero-order valence-corrected chi connectivity index (χ0v) is 18.8. The lowest BCUT2D eigenvalue weighted by Gasteiger charge is -2.32. The van der Waals surface area contributed by atoms with Crippen LogP contribution >= 0.6 is 0 Å². The fraction of sp³-hybridized carbons (Fsp3) is 0.250. The maximum absolute atomic E-state index is 12.9. The van der Waals surface area contributed by atoms with Crippen LogP contribution in [0.2, 0.25) is 0 Å². The van der Waals surface area contributed by atoms with Gasteiger partial charge in [-0.15, -0.1) is 0 Å². The zero-order chi connectivity index (χ0) is 25.3. The number of fused-ring (bicyclic) bond motifs is 1. The van der Waals surface area contributed by atoms with Gasteiger partial charge in [-0.05, 0) is 67.8 Å². The van der Waals surface area contributed by atoms with Gasteiger partial charge in [0, 0.05) is 29.5 Å². The molecule has 2 aromatic carbocycles. The van der Waals surface area contributed by atoms with Crippen molar-refractivity contribution in [2.45, 2.75) is 32.0 Å². The van der Waals surface area contributed by atoms with Crippen molar-refractivity contribution in [3.05, 3.63) is 65.4 Å². The Labute approximate surface area is 199 Å². The van der Waals surface area contributed by atoms with Crippen LogP contribution in [0.1, 0.15) is 35.0 Å². The third-order valence-electron chi connectivity index (χ3n) is 5.73. The first kappa shape index (κ1) is 24.0. The maximum atomic E-state index is 12.9. The lowest BCUT2D eigenvalue weighted by Crippen LogP contribution is -2.33. The number of carbonyl (C=O) groups excluding carboxylic acids is 2. The van der Waals surface area contributed by atoms with E-state index < -0.39 is 29.6 Å². The maximum Gasteiger partial charge on any atom is 0.416 e. The van der Waals surface area contributed by atoms with Crippen LogP contribution in [0.3, 0.4) is 0 Å². The Hall–Kier alpha value is -4.15. The number of alkyl halides is 3. The number of nitrogens with zero attached hydrogens (tertiary/aromatic N) is 3. The molecule has 0 bridgehead atoms. The van der Waals surface area contributed by atoms with E-state index in [0.717, 1.165) is 36.2 Å². The molecule has 4 rings (SSSR count). The summed E-state index contributed by atoms with van der Waals surface area (Å²) in [6, 6.07) is 11.2. The van der Waals surface area contributed by atoms with E-state index in [2.05, 4.69) is 15.3 Å². The summed E-state index contributed by atoms with van der Waals surface area (Å²) in [5.41, 5.74) is 13.1. The van der Waals surface area contributed by atoms with Gasteiger partial charge in [-0.2, -0.15) is 13.2 Å². The van der Waals surface area contributed by atoms with Crippen molar-refractivity contribution < 1.29 is 22.8 Å². The fourth-order valence-electron chi connectivity index (χ4n) is 3.90. The predicted molar refractivity (Wildman–Crippen MR) is 125 cm³/mol. The monoisotopic (exact) mass is 484 g/mol. The van der Waals surface area contributed by atoms with E-state index in [-0.39, 0.29) is 17.3 Å². The molecule has 1 atom stereocenters. The molecule has 1 aromatic heterocycles. The van der Waals surface area contributed by atoms with Gasteiger partial charge in [0.1, 0.15) is 17.6 Å². The van der Waals surface area contributed by atoms with Crippen LogP contribution in [0.4, 0.5) is 30.4 Å². The van der Waals surface area contributed by atoms with Gasteiger partial charge in [-0.1, -0.05) is 0 Å². The van der Waals surface area contributed by atoms with Crippen LogP contribution in [0.15, 0.2) is 48.5 Å². The van der Waals surface area contributed by atoms with Crippen LogP contribution in [0.5, 0.6) is 0 Å². The first-order chi connectivity index (χ1) is 16.5. The summed E-state index contributed by atoms with van der Waals surface area (Å²) < 4.78 is 38.8. The largest absolute Gasteiger partial charge is 0.416 e. The summed E-state index contributed by atoms with van der Waals surface area (Å²) in [4.78, 5) is 33.9. The van der Waals surface area contributed by atoms with E-state index in [9.17, 15) is 22.8 Å². The Balaban J connectivity index is 1.68. The normalized spacial score (nSPS) is 14.2. The van der Waals surface area contributed by atoms with E-state index in [1.54, 1.807) is 13.0 Å². The number of amides is 2. The van der Waals surface area contributed by atoms with Crippen molar-refractivity contribution in [1.29, 1.82) is 0 Å². The van der Waals surface area contributed by atoms with Crippen molar-refractivity contribution in [2.75, 3.05) is 16.8 Å². The van der Waals surface area contributed by atoms with E-state index >= 15 is 0 Å². The molecule has 11 heteroatoms. The van der Waals surface area contributed by atoms with Crippen molar-refractivity contribution in [1.82, 2.24) is 9.97 Å².